The van der Waals surface area contributed by atoms with Gasteiger partial charge in [-0.3, -0.25) is 14.5 Å². The summed E-state index contributed by atoms with van der Waals surface area (Å²) in [6, 6.07) is 0.482. The fraction of sp³-hybridized carbons (Fsp3) is 0.909. The van der Waals surface area contributed by atoms with Crippen molar-refractivity contribution in [3.8, 4) is 0 Å². The van der Waals surface area contributed by atoms with Gasteiger partial charge in [0.15, 0.2) is 0 Å². The molecular weight excluding hydrogens is 352 g/mol. The second-order valence-electron chi connectivity index (χ2n) is 8.69. The van der Waals surface area contributed by atoms with Crippen LogP contribution in [-0.4, -0.2) is 73.5 Å². The Hall–Kier alpha value is -1.14. The first kappa shape index (κ1) is 23.1. The van der Waals surface area contributed by atoms with Gasteiger partial charge in [-0.2, -0.15) is 0 Å². The fourth-order valence-electron chi connectivity index (χ4n) is 4.43. The molecule has 0 aromatic rings. The van der Waals surface area contributed by atoms with Crippen LogP contribution in [0.15, 0.2) is 0 Å². The van der Waals surface area contributed by atoms with Gasteiger partial charge in [0.1, 0.15) is 0 Å². The molecule has 2 aliphatic rings. The number of nitrogens with zero attached hydrogens (tertiary/aromatic N) is 2. The van der Waals surface area contributed by atoms with E-state index in [0.717, 1.165) is 90.8 Å². The molecule has 28 heavy (non-hydrogen) atoms. The maximum atomic E-state index is 12.3. The van der Waals surface area contributed by atoms with Crippen molar-refractivity contribution in [3.63, 3.8) is 0 Å². The molecule has 0 saturated carbocycles. The molecule has 3 atom stereocenters. The molecule has 0 radical (unpaired) electrons. The van der Waals surface area contributed by atoms with Crippen molar-refractivity contribution in [3.05, 3.63) is 0 Å². The van der Waals surface area contributed by atoms with Crippen LogP contribution in [-0.2, 0) is 9.59 Å². The van der Waals surface area contributed by atoms with Crippen LogP contribution in [0.5, 0.6) is 0 Å². The summed E-state index contributed by atoms with van der Waals surface area (Å²) in [5, 5.41) is 6.12. The van der Waals surface area contributed by atoms with Gasteiger partial charge >= 0.3 is 0 Å². The van der Waals surface area contributed by atoms with E-state index in [1.165, 1.54) is 0 Å². The van der Waals surface area contributed by atoms with E-state index in [1.54, 1.807) is 0 Å². The predicted molar refractivity (Wildman–Crippen MR) is 114 cm³/mol. The molecule has 2 aliphatic heterocycles. The van der Waals surface area contributed by atoms with Crippen LogP contribution in [0.2, 0.25) is 0 Å². The summed E-state index contributed by atoms with van der Waals surface area (Å²) in [5.74, 6) is 0.758. The van der Waals surface area contributed by atoms with Gasteiger partial charge in [0.2, 0.25) is 11.8 Å². The van der Waals surface area contributed by atoms with Gasteiger partial charge in [-0.25, -0.2) is 0 Å². The zero-order valence-electron chi connectivity index (χ0n) is 18.3. The summed E-state index contributed by atoms with van der Waals surface area (Å²) in [6.45, 7) is 13.1. The van der Waals surface area contributed by atoms with E-state index >= 15 is 0 Å². The van der Waals surface area contributed by atoms with Crippen LogP contribution in [0.4, 0.5) is 0 Å². The minimum Gasteiger partial charge on any atom is -0.356 e. The van der Waals surface area contributed by atoms with Crippen LogP contribution in [0, 0.1) is 11.8 Å². The van der Waals surface area contributed by atoms with Gasteiger partial charge in [-0.05, 0) is 71.5 Å². The molecule has 2 amide bonds. The van der Waals surface area contributed by atoms with Crippen molar-refractivity contribution >= 4 is 11.8 Å². The molecule has 2 heterocycles. The third-order valence-corrected chi connectivity index (χ3v) is 6.28. The third kappa shape index (κ3) is 7.36. The van der Waals surface area contributed by atoms with Crippen LogP contribution in [0.1, 0.15) is 65.7 Å². The largest absolute Gasteiger partial charge is 0.356 e. The number of amides is 2. The monoisotopic (exact) mass is 394 g/mol. The van der Waals surface area contributed by atoms with Crippen molar-refractivity contribution in [2.24, 2.45) is 11.8 Å². The molecule has 0 aliphatic carbocycles. The van der Waals surface area contributed by atoms with Crippen molar-refractivity contribution in [2.45, 2.75) is 71.8 Å². The minimum atomic E-state index is 0.143. The summed E-state index contributed by atoms with van der Waals surface area (Å²) in [5.41, 5.74) is 0. The first-order valence-corrected chi connectivity index (χ1v) is 11.6. The standard InChI is InChI=1S/C22H42N4O2/c1-4-11-23-21(27)19-8-6-13-25(16-19)15-10-18(3)26-14-7-9-20(17-26)22(28)24-12-5-2/h18-20H,4-17H2,1-3H3,(H,23,27)(H,24,28)/t18-,19-,20+/m1/s1. The van der Waals surface area contributed by atoms with E-state index in [1.807, 2.05) is 0 Å². The second kappa shape index (κ2) is 12.4. The molecule has 162 valence electrons. The molecule has 2 rings (SSSR count). The Bertz CT molecular complexity index is 485. The Morgan fingerprint density at radius 2 is 1.50 bits per heavy atom. The topological polar surface area (TPSA) is 64.7 Å². The van der Waals surface area contributed by atoms with E-state index in [9.17, 15) is 9.59 Å². The molecule has 6 heteroatoms. The number of piperidine rings is 2. The first-order valence-electron chi connectivity index (χ1n) is 11.6. The second-order valence-corrected chi connectivity index (χ2v) is 8.69. The number of likely N-dealkylation sites (tertiary alicyclic amines) is 2. The molecule has 2 N–H and O–H groups in total. The summed E-state index contributed by atoms with van der Waals surface area (Å²) >= 11 is 0. The quantitative estimate of drug-likeness (QED) is 0.596. The minimum absolute atomic E-state index is 0.143. The lowest BCUT2D eigenvalue weighted by atomic mass is 9.94. The molecular formula is C22H42N4O2. The Kier molecular flexibility index (Phi) is 10.3. The van der Waals surface area contributed by atoms with Crippen molar-refractivity contribution in [1.29, 1.82) is 0 Å². The zero-order valence-corrected chi connectivity index (χ0v) is 18.3. The third-order valence-electron chi connectivity index (χ3n) is 6.28. The summed E-state index contributed by atoms with van der Waals surface area (Å²) in [4.78, 5) is 29.6. The molecule has 2 fully saturated rings. The van der Waals surface area contributed by atoms with Crippen molar-refractivity contribution < 1.29 is 9.59 Å². The SMILES string of the molecule is CCCNC(=O)[C@@H]1CCCN(CC[C@@H](C)N2CCC[C@H](C(=O)NCCC)C2)C1. The fourth-order valence-corrected chi connectivity index (χ4v) is 4.43. The maximum Gasteiger partial charge on any atom is 0.224 e. The number of nitrogens with one attached hydrogen (secondary N) is 2. The van der Waals surface area contributed by atoms with Crippen LogP contribution in [0.25, 0.3) is 0 Å². The average molecular weight is 395 g/mol. The van der Waals surface area contributed by atoms with Gasteiger partial charge in [0.25, 0.3) is 0 Å². The van der Waals surface area contributed by atoms with Crippen LogP contribution < -0.4 is 10.6 Å². The Labute approximate surface area is 171 Å². The Balaban J connectivity index is 1.74. The number of rotatable bonds is 10. The maximum absolute atomic E-state index is 12.3. The van der Waals surface area contributed by atoms with E-state index in [4.69, 9.17) is 0 Å². The van der Waals surface area contributed by atoms with Gasteiger partial charge in [0, 0.05) is 32.2 Å². The van der Waals surface area contributed by atoms with E-state index < -0.39 is 0 Å². The smallest absolute Gasteiger partial charge is 0.224 e. The highest BCUT2D eigenvalue weighted by Crippen LogP contribution is 2.21. The molecule has 0 aromatic heterocycles. The molecule has 6 nitrogen and oxygen atoms in total. The van der Waals surface area contributed by atoms with E-state index in [0.29, 0.717) is 6.04 Å². The van der Waals surface area contributed by atoms with Gasteiger partial charge in [-0.15, -0.1) is 0 Å². The van der Waals surface area contributed by atoms with E-state index in [2.05, 4.69) is 41.2 Å². The van der Waals surface area contributed by atoms with Crippen molar-refractivity contribution in [2.75, 3.05) is 45.8 Å². The number of hydrogen-bond acceptors (Lipinski definition) is 4. The average Bonchev–Trinajstić information content (AvgIpc) is 2.74. The lowest BCUT2D eigenvalue weighted by molar-refractivity contribution is -0.127. The van der Waals surface area contributed by atoms with Crippen LogP contribution in [0.3, 0.4) is 0 Å². The molecule has 0 aromatic carbocycles. The summed E-state index contributed by atoms with van der Waals surface area (Å²) in [7, 11) is 0. The Morgan fingerprint density at radius 3 is 2.11 bits per heavy atom. The molecule has 0 spiro atoms. The van der Waals surface area contributed by atoms with Crippen LogP contribution >= 0.6 is 0 Å². The molecule has 0 unspecified atom stereocenters. The van der Waals surface area contributed by atoms with Gasteiger partial charge in [-0.1, -0.05) is 13.8 Å². The van der Waals surface area contributed by atoms with Crippen molar-refractivity contribution in [1.82, 2.24) is 20.4 Å². The number of carbonyl (C=O) groups excluding carboxylic acids is 2. The first-order chi connectivity index (χ1) is 13.5. The highest BCUT2D eigenvalue weighted by Gasteiger charge is 2.29. The number of hydrogen-bond donors (Lipinski definition) is 2. The summed E-state index contributed by atoms with van der Waals surface area (Å²) < 4.78 is 0. The highest BCUT2D eigenvalue weighted by atomic mass is 16.2. The van der Waals surface area contributed by atoms with E-state index in [-0.39, 0.29) is 23.7 Å². The number of carbonyl (C=O) groups is 2. The summed E-state index contributed by atoms with van der Waals surface area (Å²) in [6.07, 6.45) is 7.34. The lowest BCUT2D eigenvalue weighted by Gasteiger charge is -2.38. The molecule has 2 saturated heterocycles. The molecule has 0 bridgehead atoms. The Morgan fingerprint density at radius 1 is 0.929 bits per heavy atom. The van der Waals surface area contributed by atoms with Gasteiger partial charge in [0.05, 0.1) is 11.8 Å². The predicted octanol–water partition coefficient (Wildman–Crippen LogP) is 2.24. The lowest BCUT2D eigenvalue weighted by Crippen LogP contribution is -2.48. The van der Waals surface area contributed by atoms with Gasteiger partial charge < -0.3 is 15.5 Å². The zero-order chi connectivity index (χ0) is 20.4. The normalized spacial score (nSPS) is 25.2. The highest BCUT2D eigenvalue weighted by molar-refractivity contribution is 5.79.